The molecule has 1 fully saturated rings. The highest BCUT2D eigenvalue weighted by molar-refractivity contribution is 5.80. The van der Waals surface area contributed by atoms with Crippen molar-refractivity contribution in [3.8, 4) is 0 Å². The predicted molar refractivity (Wildman–Crippen MR) is 106 cm³/mol. The first-order valence-electron chi connectivity index (χ1n) is 10.0. The first-order valence-corrected chi connectivity index (χ1v) is 10.0. The molecule has 0 aliphatic heterocycles. The molecule has 1 aromatic rings. The van der Waals surface area contributed by atoms with Gasteiger partial charge in [0.15, 0.2) is 5.96 Å². The number of benzene rings is 1. The van der Waals surface area contributed by atoms with Crippen LogP contribution in [-0.2, 0) is 17.6 Å². The summed E-state index contributed by atoms with van der Waals surface area (Å²) in [6.45, 7) is 2.91. The second kappa shape index (κ2) is 9.06. The van der Waals surface area contributed by atoms with Gasteiger partial charge in [-0.3, -0.25) is 9.79 Å². The molecule has 0 bridgehead atoms. The van der Waals surface area contributed by atoms with Crippen LogP contribution >= 0.6 is 0 Å². The molecule has 0 heterocycles. The number of hydrogen-bond donors (Lipinski definition) is 3. The lowest BCUT2D eigenvalue weighted by atomic mass is 9.89. The number of nitrogens with zero attached hydrogens (tertiary/aromatic N) is 1. The fourth-order valence-electron chi connectivity index (χ4n) is 3.49. The van der Waals surface area contributed by atoms with E-state index in [1.54, 1.807) is 7.05 Å². The summed E-state index contributed by atoms with van der Waals surface area (Å²) in [6, 6.07) is 7.52. The van der Waals surface area contributed by atoms with E-state index in [0.29, 0.717) is 12.5 Å². The zero-order valence-electron chi connectivity index (χ0n) is 16.1. The van der Waals surface area contributed by atoms with Crippen LogP contribution < -0.4 is 16.0 Å². The molecule has 1 aromatic carbocycles. The molecule has 0 spiro atoms. The first-order chi connectivity index (χ1) is 12.7. The first kappa shape index (κ1) is 18.7. The maximum absolute atomic E-state index is 11.7. The Labute approximate surface area is 157 Å². The van der Waals surface area contributed by atoms with Crippen molar-refractivity contribution in [1.82, 2.24) is 16.0 Å². The molecule has 5 nitrogen and oxygen atoms in total. The summed E-state index contributed by atoms with van der Waals surface area (Å²) < 4.78 is 0. The summed E-state index contributed by atoms with van der Waals surface area (Å²) in [5.74, 6) is 0.956. The number of hydrogen-bond acceptors (Lipinski definition) is 2. The van der Waals surface area contributed by atoms with Gasteiger partial charge >= 0.3 is 0 Å². The number of aryl methyl sites for hydroxylation is 2. The lowest BCUT2D eigenvalue weighted by Crippen LogP contribution is -2.39. The van der Waals surface area contributed by atoms with E-state index < -0.39 is 0 Å². The van der Waals surface area contributed by atoms with Crippen LogP contribution in [0.2, 0.25) is 0 Å². The number of fused-ring (bicyclic) bond motifs is 1. The second-order valence-electron chi connectivity index (χ2n) is 7.55. The standard InChI is InChI=1S/C21H32N4O/c1-15(17-10-9-16-6-3-4-7-18(16)14-17)24-21(22-2)23-13-5-8-20(26)25-19-11-12-19/h9-10,14-15,19H,3-8,11-13H2,1-2H3,(H,25,26)(H2,22,23,24). The normalized spacial score (nSPS) is 18.0. The van der Waals surface area contributed by atoms with E-state index in [-0.39, 0.29) is 11.9 Å². The third-order valence-corrected chi connectivity index (χ3v) is 5.26. The van der Waals surface area contributed by atoms with Crippen molar-refractivity contribution in [3.05, 3.63) is 34.9 Å². The summed E-state index contributed by atoms with van der Waals surface area (Å²) in [4.78, 5) is 16.0. The molecule has 0 saturated heterocycles. The van der Waals surface area contributed by atoms with Crippen LogP contribution in [0.5, 0.6) is 0 Å². The van der Waals surface area contributed by atoms with Gasteiger partial charge in [-0.25, -0.2) is 0 Å². The van der Waals surface area contributed by atoms with Gasteiger partial charge in [0.1, 0.15) is 0 Å². The number of carbonyl (C=O) groups is 1. The maximum Gasteiger partial charge on any atom is 0.220 e. The van der Waals surface area contributed by atoms with Crippen molar-refractivity contribution in [2.75, 3.05) is 13.6 Å². The molecule has 3 N–H and O–H groups in total. The molecular weight excluding hydrogens is 324 g/mol. The third-order valence-electron chi connectivity index (χ3n) is 5.26. The van der Waals surface area contributed by atoms with Crippen LogP contribution in [0.25, 0.3) is 0 Å². The average molecular weight is 357 g/mol. The zero-order chi connectivity index (χ0) is 18.4. The minimum absolute atomic E-state index is 0.166. The highest BCUT2D eigenvalue weighted by Crippen LogP contribution is 2.24. The number of rotatable bonds is 7. The van der Waals surface area contributed by atoms with E-state index in [4.69, 9.17) is 0 Å². The third kappa shape index (κ3) is 5.48. The maximum atomic E-state index is 11.7. The summed E-state index contributed by atoms with van der Waals surface area (Å²) in [5.41, 5.74) is 4.32. The van der Waals surface area contributed by atoms with Crippen molar-refractivity contribution in [2.45, 2.75) is 70.4 Å². The van der Waals surface area contributed by atoms with Gasteiger partial charge in [0.05, 0.1) is 6.04 Å². The Morgan fingerprint density at radius 1 is 1.23 bits per heavy atom. The van der Waals surface area contributed by atoms with Gasteiger partial charge in [-0.05, 0) is 68.6 Å². The van der Waals surface area contributed by atoms with E-state index >= 15 is 0 Å². The van der Waals surface area contributed by atoms with E-state index in [0.717, 1.165) is 31.8 Å². The van der Waals surface area contributed by atoms with Crippen molar-refractivity contribution in [3.63, 3.8) is 0 Å². The number of amides is 1. The van der Waals surface area contributed by atoms with Gasteiger partial charge in [-0.15, -0.1) is 0 Å². The molecule has 2 aliphatic rings. The Morgan fingerprint density at radius 2 is 2.00 bits per heavy atom. The highest BCUT2D eigenvalue weighted by Gasteiger charge is 2.22. The van der Waals surface area contributed by atoms with Gasteiger partial charge < -0.3 is 16.0 Å². The van der Waals surface area contributed by atoms with Crippen LogP contribution in [0.15, 0.2) is 23.2 Å². The monoisotopic (exact) mass is 356 g/mol. The van der Waals surface area contributed by atoms with Gasteiger partial charge in [0, 0.05) is 26.1 Å². The number of guanidine groups is 1. The summed E-state index contributed by atoms with van der Waals surface area (Å²) in [5, 5.41) is 9.80. The molecule has 5 heteroatoms. The van der Waals surface area contributed by atoms with Gasteiger partial charge in [-0.1, -0.05) is 18.2 Å². The van der Waals surface area contributed by atoms with Crippen LogP contribution in [0.1, 0.15) is 68.2 Å². The van der Waals surface area contributed by atoms with Gasteiger partial charge in [0.2, 0.25) is 5.91 Å². The van der Waals surface area contributed by atoms with E-state index in [2.05, 4.69) is 46.1 Å². The second-order valence-corrected chi connectivity index (χ2v) is 7.55. The molecule has 3 rings (SSSR count). The van der Waals surface area contributed by atoms with Crippen molar-refractivity contribution >= 4 is 11.9 Å². The van der Waals surface area contributed by atoms with E-state index in [1.807, 2.05) is 0 Å². The molecule has 2 aliphatic carbocycles. The number of nitrogens with one attached hydrogen (secondary N) is 3. The van der Waals surface area contributed by atoms with Crippen LogP contribution in [0.4, 0.5) is 0 Å². The van der Waals surface area contributed by atoms with Crippen molar-refractivity contribution in [2.24, 2.45) is 4.99 Å². The molecule has 142 valence electrons. The fourth-order valence-corrected chi connectivity index (χ4v) is 3.49. The molecule has 1 atom stereocenters. The minimum Gasteiger partial charge on any atom is -0.356 e. The van der Waals surface area contributed by atoms with Crippen LogP contribution in [0, 0.1) is 0 Å². The summed E-state index contributed by atoms with van der Waals surface area (Å²) in [6.07, 6.45) is 8.70. The van der Waals surface area contributed by atoms with Gasteiger partial charge in [-0.2, -0.15) is 0 Å². The van der Waals surface area contributed by atoms with Crippen LogP contribution in [0.3, 0.4) is 0 Å². The lowest BCUT2D eigenvalue weighted by Gasteiger charge is -2.21. The lowest BCUT2D eigenvalue weighted by molar-refractivity contribution is -0.121. The smallest absolute Gasteiger partial charge is 0.220 e. The molecule has 0 aromatic heterocycles. The SMILES string of the molecule is CN=C(NCCCC(=O)NC1CC1)NC(C)c1ccc2c(c1)CCCC2. The Hall–Kier alpha value is -2.04. The Morgan fingerprint density at radius 3 is 2.73 bits per heavy atom. The Kier molecular flexibility index (Phi) is 6.53. The zero-order valence-corrected chi connectivity index (χ0v) is 16.1. The predicted octanol–water partition coefficient (Wildman–Crippen LogP) is 2.85. The molecule has 0 radical (unpaired) electrons. The average Bonchev–Trinajstić information content (AvgIpc) is 3.47. The molecule has 1 saturated carbocycles. The quantitative estimate of drug-likeness (QED) is 0.400. The highest BCUT2D eigenvalue weighted by atomic mass is 16.1. The van der Waals surface area contributed by atoms with Crippen LogP contribution in [-0.4, -0.2) is 31.5 Å². The largest absolute Gasteiger partial charge is 0.356 e. The topological polar surface area (TPSA) is 65.5 Å². The van der Waals surface area contributed by atoms with E-state index in [9.17, 15) is 4.79 Å². The van der Waals surface area contributed by atoms with Crippen molar-refractivity contribution < 1.29 is 4.79 Å². The molecule has 1 unspecified atom stereocenters. The minimum atomic E-state index is 0.166. The number of carbonyl (C=O) groups excluding carboxylic acids is 1. The Bertz CT molecular complexity index is 651. The Balaban J connectivity index is 1.42. The summed E-state index contributed by atoms with van der Waals surface area (Å²) >= 11 is 0. The van der Waals surface area contributed by atoms with Gasteiger partial charge in [0.25, 0.3) is 0 Å². The fraction of sp³-hybridized carbons (Fsp3) is 0.619. The molecule has 26 heavy (non-hydrogen) atoms. The summed E-state index contributed by atoms with van der Waals surface area (Å²) in [7, 11) is 1.79. The molecular formula is C21H32N4O. The molecule has 1 amide bonds. The van der Waals surface area contributed by atoms with Crippen molar-refractivity contribution in [1.29, 1.82) is 0 Å². The number of aliphatic imine (C=N–C) groups is 1. The van der Waals surface area contributed by atoms with E-state index in [1.165, 1.54) is 42.4 Å².